The maximum atomic E-state index is 12.5. The number of Topliss-reactive ketones (excluding diaryl/α,β-unsaturated/α-hetero) is 1. The van der Waals surface area contributed by atoms with Gasteiger partial charge in [0.2, 0.25) is 11.8 Å². The molecule has 1 aliphatic carbocycles. The summed E-state index contributed by atoms with van der Waals surface area (Å²) in [4.78, 5) is 38.6. The van der Waals surface area contributed by atoms with E-state index in [1.165, 1.54) is 0 Å². The van der Waals surface area contributed by atoms with Crippen molar-refractivity contribution < 1.29 is 14.4 Å². The molecule has 6 aliphatic rings. The Morgan fingerprint density at radius 2 is 2.05 bits per heavy atom. The smallest absolute Gasteiger partial charge is 0.232 e. The van der Waals surface area contributed by atoms with Gasteiger partial charge in [-0.2, -0.15) is 0 Å². The molecule has 5 aliphatic heterocycles. The van der Waals surface area contributed by atoms with Gasteiger partial charge in [0.1, 0.15) is 11.7 Å². The molecular weight excluding hydrogens is 244 g/mol. The Bertz CT molecular complexity index is 416. The fourth-order valence-corrected chi connectivity index (χ4v) is 3.78. The monoisotopic (exact) mass is 264 g/mol. The van der Waals surface area contributed by atoms with Crippen molar-refractivity contribution in [2.75, 3.05) is 6.54 Å². The largest absolute Gasteiger partial charge is 0.351 e. The molecule has 0 aromatic heterocycles. The van der Waals surface area contributed by atoms with Crippen LogP contribution in [0.25, 0.3) is 0 Å². The number of carbonyl (C=O) groups excluding carboxylic acids is 3. The molecule has 5 heterocycles. The summed E-state index contributed by atoms with van der Waals surface area (Å²) in [7, 11) is 0. The zero-order chi connectivity index (χ0) is 13.6. The van der Waals surface area contributed by atoms with Crippen molar-refractivity contribution in [2.45, 2.75) is 51.1 Å². The SMILES string of the molecule is CCCCN1C(=O)[C@H]2CC[C@@H]1[C@@H]1C(=O)C[C@@H]2NC1=O. The summed E-state index contributed by atoms with van der Waals surface area (Å²) in [5.74, 6) is -0.810. The molecular formula is C14H20N2O3. The van der Waals surface area contributed by atoms with E-state index < -0.39 is 5.92 Å². The fourth-order valence-electron chi connectivity index (χ4n) is 3.78. The number of carbonyl (C=O) groups is 3. The standard InChI is InChI=1S/C14H20N2O3/c1-2-3-6-16-10-5-4-8(14(16)19)9-7-11(17)12(10)13(18)15-9/h8-10,12H,2-7H2,1H3,(H,15,18)/t8-,9-,10+,12+/m0/s1. The Morgan fingerprint density at radius 1 is 1.26 bits per heavy atom. The first-order valence-electron chi connectivity index (χ1n) is 7.27. The lowest BCUT2D eigenvalue weighted by Gasteiger charge is -2.49. The van der Waals surface area contributed by atoms with Crippen LogP contribution in [0.5, 0.6) is 0 Å². The van der Waals surface area contributed by atoms with Gasteiger partial charge in [0.05, 0.1) is 12.0 Å². The number of piperidine rings is 2. The molecule has 4 atom stereocenters. The fraction of sp³-hybridized carbons (Fsp3) is 0.786. The lowest BCUT2D eigenvalue weighted by Crippen LogP contribution is -2.67. The second-order valence-electron chi connectivity index (χ2n) is 5.90. The number of nitrogens with zero attached hydrogens (tertiary/aromatic N) is 1. The van der Waals surface area contributed by atoms with Gasteiger partial charge in [0.25, 0.3) is 0 Å². The van der Waals surface area contributed by atoms with Crippen LogP contribution >= 0.6 is 0 Å². The molecule has 6 fully saturated rings. The Kier molecular flexibility index (Phi) is 3.07. The van der Waals surface area contributed by atoms with Crippen molar-refractivity contribution in [3.63, 3.8) is 0 Å². The second-order valence-corrected chi connectivity index (χ2v) is 5.90. The number of unbranched alkanes of at least 4 members (excludes halogenated alkanes) is 1. The molecule has 1 N–H and O–H groups in total. The summed E-state index contributed by atoms with van der Waals surface area (Å²) < 4.78 is 0. The molecule has 0 radical (unpaired) electrons. The first kappa shape index (κ1) is 12.6. The van der Waals surface area contributed by atoms with Crippen LogP contribution in [0.15, 0.2) is 0 Å². The first-order valence-corrected chi connectivity index (χ1v) is 7.27. The molecule has 2 amide bonds. The summed E-state index contributed by atoms with van der Waals surface area (Å²) in [6, 6.07) is -0.474. The molecule has 1 saturated carbocycles. The van der Waals surface area contributed by atoms with E-state index in [0.717, 1.165) is 25.7 Å². The molecule has 4 bridgehead atoms. The minimum Gasteiger partial charge on any atom is -0.351 e. The van der Waals surface area contributed by atoms with Crippen LogP contribution < -0.4 is 5.32 Å². The zero-order valence-corrected chi connectivity index (χ0v) is 11.2. The van der Waals surface area contributed by atoms with Crippen molar-refractivity contribution in [3.05, 3.63) is 0 Å². The Morgan fingerprint density at radius 3 is 2.74 bits per heavy atom. The predicted octanol–water partition coefficient (Wildman–Crippen LogP) is 0.481. The molecule has 5 heteroatoms. The van der Waals surface area contributed by atoms with Crippen LogP contribution in [0, 0.1) is 11.8 Å². The minimum absolute atomic E-state index is 0.0254. The molecule has 5 saturated heterocycles. The molecule has 0 spiro atoms. The lowest BCUT2D eigenvalue weighted by atomic mass is 9.71. The Balaban J connectivity index is 1.95. The molecule has 0 aromatic carbocycles. The van der Waals surface area contributed by atoms with Gasteiger partial charge < -0.3 is 10.2 Å². The molecule has 0 unspecified atom stereocenters. The Hall–Kier alpha value is -1.39. The summed E-state index contributed by atoms with van der Waals surface area (Å²) >= 11 is 0. The van der Waals surface area contributed by atoms with Crippen molar-refractivity contribution in [1.29, 1.82) is 0 Å². The average molecular weight is 264 g/mol. The third-order valence-electron chi connectivity index (χ3n) is 4.78. The van der Waals surface area contributed by atoms with Gasteiger partial charge in [-0.25, -0.2) is 0 Å². The Labute approximate surface area is 112 Å². The highest BCUT2D eigenvalue weighted by Crippen LogP contribution is 2.38. The van der Waals surface area contributed by atoms with Crippen LogP contribution in [0.4, 0.5) is 0 Å². The van der Waals surface area contributed by atoms with Crippen LogP contribution in [0.2, 0.25) is 0 Å². The zero-order valence-electron chi connectivity index (χ0n) is 11.2. The number of amides is 2. The normalized spacial score (nSPS) is 37.3. The highest BCUT2D eigenvalue weighted by molar-refractivity contribution is 6.06. The number of nitrogens with one attached hydrogen (secondary N) is 1. The van der Waals surface area contributed by atoms with E-state index in [2.05, 4.69) is 12.2 Å². The number of ketones is 1. The summed E-state index contributed by atoms with van der Waals surface area (Å²) in [6.45, 7) is 2.76. The van der Waals surface area contributed by atoms with Crippen LogP contribution in [0.1, 0.15) is 39.0 Å². The van der Waals surface area contributed by atoms with Crippen molar-refractivity contribution in [3.8, 4) is 0 Å². The first-order chi connectivity index (χ1) is 9.13. The van der Waals surface area contributed by atoms with E-state index >= 15 is 0 Å². The highest BCUT2D eigenvalue weighted by atomic mass is 16.2. The number of hydrogen-bond acceptors (Lipinski definition) is 3. The molecule has 0 aromatic rings. The molecule has 104 valence electrons. The summed E-state index contributed by atoms with van der Waals surface area (Å²) in [5.41, 5.74) is 0. The van der Waals surface area contributed by atoms with Crippen LogP contribution in [-0.4, -0.2) is 41.1 Å². The van der Waals surface area contributed by atoms with E-state index in [4.69, 9.17) is 0 Å². The van der Waals surface area contributed by atoms with Gasteiger partial charge >= 0.3 is 0 Å². The van der Waals surface area contributed by atoms with Gasteiger partial charge in [-0.15, -0.1) is 0 Å². The maximum Gasteiger partial charge on any atom is 0.232 e. The maximum absolute atomic E-state index is 12.5. The predicted molar refractivity (Wildman–Crippen MR) is 68.2 cm³/mol. The van der Waals surface area contributed by atoms with Crippen LogP contribution in [-0.2, 0) is 14.4 Å². The van der Waals surface area contributed by atoms with E-state index in [1.54, 1.807) is 0 Å². The molecule has 19 heavy (non-hydrogen) atoms. The molecule has 5 nitrogen and oxygen atoms in total. The third-order valence-corrected chi connectivity index (χ3v) is 4.78. The van der Waals surface area contributed by atoms with E-state index in [0.29, 0.717) is 13.0 Å². The van der Waals surface area contributed by atoms with Gasteiger partial charge in [-0.1, -0.05) is 13.3 Å². The van der Waals surface area contributed by atoms with Crippen LogP contribution in [0.3, 0.4) is 0 Å². The highest BCUT2D eigenvalue weighted by Gasteiger charge is 2.53. The minimum atomic E-state index is -0.627. The van der Waals surface area contributed by atoms with E-state index in [-0.39, 0.29) is 35.6 Å². The van der Waals surface area contributed by atoms with Crippen molar-refractivity contribution >= 4 is 17.6 Å². The summed E-state index contributed by atoms with van der Waals surface area (Å²) in [5, 5.41) is 2.88. The quantitative estimate of drug-likeness (QED) is 0.754. The molecule has 6 rings (SSSR count). The number of hydrogen-bond donors (Lipinski definition) is 1. The topological polar surface area (TPSA) is 66.5 Å². The van der Waals surface area contributed by atoms with Crippen molar-refractivity contribution in [2.24, 2.45) is 11.8 Å². The second kappa shape index (κ2) is 4.62. The van der Waals surface area contributed by atoms with E-state index in [1.807, 2.05) is 4.90 Å². The van der Waals surface area contributed by atoms with E-state index in [9.17, 15) is 14.4 Å². The van der Waals surface area contributed by atoms with Crippen molar-refractivity contribution in [1.82, 2.24) is 10.2 Å². The van der Waals surface area contributed by atoms with Gasteiger partial charge in [0.15, 0.2) is 0 Å². The third kappa shape index (κ3) is 1.86. The van der Waals surface area contributed by atoms with Gasteiger partial charge in [0, 0.05) is 19.0 Å². The van der Waals surface area contributed by atoms with Gasteiger partial charge in [-0.3, -0.25) is 14.4 Å². The lowest BCUT2D eigenvalue weighted by molar-refractivity contribution is -0.158. The summed E-state index contributed by atoms with van der Waals surface area (Å²) in [6.07, 6.45) is 3.88. The van der Waals surface area contributed by atoms with Gasteiger partial charge in [-0.05, 0) is 19.3 Å². The number of rotatable bonds is 3. The average Bonchev–Trinajstić information content (AvgIpc) is 2.34.